The summed E-state index contributed by atoms with van der Waals surface area (Å²) in [6.07, 6.45) is 0.106. The normalized spacial score (nSPS) is 10.2. The number of benzene rings is 3. The predicted molar refractivity (Wildman–Crippen MR) is 110 cm³/mol. The van der Waals surface area contributed by atoms with Gasteiger partial charge >= 0.3 is 5.97 Å². The van der Waals surface area contributed by atoms with Crippen LogP contribution < -0.4 is 14.8 Å². The van der Waals surface area contributed by atoms with Crippen LogP contribution in [-0.4, -0.2) is 23.9 Å². The zero-order valence-electron chi connectivity index (χ0n) is 16.0. The quantitative estimate of drug-likeness (QED) is 0.275. The molecule has 8 heteroatoms. The molecule has 1 amide bonds. The minimum atomic E-state index is -0.564. The highest BCUT2D eigenvalue weighted by Gasteiger charge is 2.12. The number of ether oxygens (including phenoxy) is 2. The van der Waals surface area contributed by atoms with Crippen molar-refractivity contribution >= 4 is 23.3 Å². The van der Waals surface area contributed by atoms with Gasteiger partial charge in [-0.1, -0.05) is 18.2 Å². The summed E-state index contributed by atoms with van der Waals surface area (Å²) in [5.74, 6) is 0.133. The summed E-state index contributed by atoms with van der Waals surface area (Å²) in [4.78, 5) is 34.6. The number of non-ortho nitro benzene ring substituents is 1. The molecule has 3 aromatic carbocycles. The lowest BCUT2D eigenvalue weighted by Gasteiger charge is -2.08. The van der Waals surface area contributed by atoms with E-state index >= 15 is 0 Å². The van der Waals surface area contributed by atoms with Crippen molar-refractivity contribution in [2.75, 3.05) is 12.4 Å². The molecular formula is C22H18N2O6. The van der Waals surface area contributed by atoms with Crippen molar-refractivity contribution in [3.05, 3.63) is 94.0 Å². The molecule has 0 saturated heterocycles. The fourth-order valence-electron chi connectivity index (χ4n) is 2.65. The van der Waals surface area contributed by atoms with Gasteiger partial charge in [-0.15, -0.1) is 0 Å². The maximum Gasteiger partial charge on any atom is 0.315 e. The highest BCUT2D eigenvalue weighted by molar-refractivity contribution is 6.04. The SMILES string of the molecule is COc1ccc(CC(=O)Oc2ccc(NC(=O)c3cccc([N+](=O)[O-])c3)cc2)cc1. The number of anilines is 1. The summed E-state index contributed by atoms with van der Waals surface area (Å²) >= 11 is 0. The molecule has 3 aromatic rings. The Kier molecular flexibility index (Phi) is 6.39. The van der Waals surface area contributed by atoms with E-state index < -0.39 is 16.8 Å². The van der Waals surface area contributed by atoms with E-state index in [2.05, 4.69) is 5.32 Å². The first-order valence-electron chi connectivity index (χ1n) is 8.94. The zero-order chi connectivity index (χ0) is 21.5. The van der Waals surface area contributed by atoms with Gasteiger partial charge in [0.15, 0.2) is 0 Å². The molecule has 0 fully saturated rings. The van der Waals surface area contributed by atoms with E-state index in [0.717, 1.165) is 5.56 Å². The van der Waals surface area contributed by atoms with Gasteiger partial charge in [-0.3, -0.25) is 19.7 Å². The minimum Gasteiger partial charge on any atom is -0.497 e. The van der Waals surface area contributed by atoms with E-state index in [0.29, 0.717) is 17.2 Å². The topological polar surface area (TPSA) is 108 Å². The summed E-state index contributed by atoms with van der Waals surface area (Å²) in [5.41, 5.74) is 1.25. The number of carbonyl (C=O) groups excluding carboxylic acids is 2. The lowest BCUT2D eigenvalue weighted by atomic mass is 10.1. The number of rotatable bonds is 7. The van der Waals surface area contributed by atoms with Crippen LogP contribution in [0.2, 0.25) is 0 Å². The molecule has 0 atom stereocenters. The van der Waals surface area contributed by atoms with E-state index in [1.807, 2.05) is 0 Å². The van der Waals surface area contributed by atoms with E-state index in [1.165, 1.54) is 24.3 Å². The molecule has 0 bridgehead atoms. The van der Waals surface area contributed by atoms with Gasteiger partial charge in [-0.05, 0) is 48.0 Å². The van der Waals surface area contributed by atoms with Crippen LogP contribution >= 0.6 is 0 Å². The molecule has 0 saturated carbocycles. The molecule has 0 aliphatic rings. The van der Waals surface area contributed by atoms with Crippen molar-refractivity contribution in [2.24, 2.45) is 0 Å². The number of hydrogen-bond donors (Lipinski definition) is 1. The molecule has 0 heterocycles. The van der Waals surface area contributed by atoms with E-state index in [-0.39, 0.29) is 17.7 Å². The number of methoxy groups -OCH3 is 1. The van der Waals surface area contributed by atoms with E-state index in [1.54, 1.807) is 55.6 Å². The summed E-state index contributed by atoms with van der Waals surface area (Å²) in [6, 6.07) is 18.8. The van der Waals surface area contributed by atoms with Gasteiger partial charge in [0.2, 0.25) is 0 Å². The van der Waals surface area contributed by atoms with Crippen molar-refractivity contribution in [3.8, 4) is 11.5 Å². The molecule has 0 aromatic heterocycles. The summed E-state index contributed by atoms with van der Waals surface area (Å²) in [6.45, 7) is 0. The number of nitro groups is 1. The van der Waals surface area contributed by atoms with Crippen LogP contribution in [0.1, 0.15) is 15.9 Å². The highest BCUT2D eigenvalue weighted by atomic mass is 16.6. The monoisotopic (exact) mass is 406 g/mol. The second-order valence-corrected chi connectivity index (χ2v) is 6.28. The third-order valence-corrected chi connectivity index (χ3v) is 4.17. The van der Waals surface area contributed by atoms with Gasteiger partial charge in [0.1, 0.15) is 11.5 Å². The number of nitrogens with one attached hydrogen (secondary N) is 1. The number of nitro benzene ring substituents is 1. The molecule has 0 aliphatic carbocycles. The molecule has 3 rings (SSSR count). The fourth-order valence-corrected chi connectivity index (χ4v) is 2.65. The smallest absolute Gasteiger partial charge is 0.315 e. The van der Waals surface area contributed by atoms with Crippen molar-refractivity contribution in [1.82, 2.24) is 0 Å². The molecule has 0 radical (unpaired) electrons. The van der Waals surface area contributed by atoms with Crippen LogP contribution in [0.15, 0.2) is 72.8 Å². The first kappa shape index (κ1) is 20.5. The maximum absolute atomic E-state index is 12.3. The Hall–Kier alpha value is -4.20. The third-order valence-electron chi connectivity index (χ3n) is 4.17. The van der Waals surface area contributed by atoms with Crippen LogP contribution in [0.5, 0.6) is 11.5 Å². The van der Waals surface area contributed by atoms with Crippen LogP contribution in [0.4, 0.5) is 11.4 Å². The Morgan fingerprint density at radius 2 is 1.63 bits per heavy atom. The summed E-state index contributed by atoms with van der Waals surface area (Å²) in [7, 11) is 1.57. The molecule has 0 unspecified atom stereocenters. The third kappa shape index (κ3) is 5.41. The standard InChI is InChI=1S/C22H18N2O6/c1-29-19-9-5-15(6-10-19)13-21(25)30-20-11-7-17(8-12-20)23-22(26)16-3-2-4-18(14-16)24(27)28/h2-12,14H,13H2,1H3,(H,23,26). The summed E-state index contributed by atoms with van der Waals surface area (Å²) < 4.78 is 10.4. The van der Waals surface area contributed by atoms with Crippen molar-refractivity contribution in [1.29, 1.82) is 0 Å². The van der Waals surface area contributed by atoms with Gasteiger partial charge in [0.25, 0.3) is 11.6 Å². The molecule has 152 valence electrons. The van der Waals surface area contributed by atoms with Crippen LogP contribution in [-0.2, 0) is 11.2 Å². The Morgan fingerprint density at radius 1 is 0.967 bits per heavy atom. The van der Waals surface area contributed by atoms with Crippen LogP contribution in [0.3, 0.4) is 0 Å². The van der Waals surface area contributed by atoms with Gasteiger partial charge in [0, 0.05) is 23.4 Å². The molecule has 0 spiro atoms. The van der Waals surface area contributed by atoms with Gasteiger partial charge in [-0.25, -0.2) is 0 Å². The lowest BCUT2D eigenvalue weighted by molar-refractivity contribution is -0.384. The fraction of sp³-hybridized carbons (Fsp3) is 0.0909. The molecular weight excluding hydrogens is 388 g/mol. The second kappa shape index (κ2) is 9.33. The van der Waals surface area contributed by atoms with Gasteiger partial charge < -0.3 is 14.8 Å². The first-order chi connectivity index (χ1) is 14.4. The Labute approximate surface area is 172 Å². The Balaban J connectivity index is 1.57. The van der Waals surface area contributed by atoms with Crippen LogP contribution in [0.25, 0.3) is 0 Å². The Bertz CT molecular complexity index is 1060. The second-order valence-electron chi connectivity index (χ2n) is 6.28. The molecule has 30 heavy (non-hydrogen) atoms. The molecule has 8 nitrogen and oxygen atoms in total. The van der Waals surface area contributed by atoms with Gasteiger partial charge in [-0.2, -0.15) is 0 Å². The largest absolute Gasteiger partial charge is 0.497 e. The number of nitrogens with zero attached hydrogens (tertiary/aromatic N) is 1. The van der Waals surface area contributed by atoms with Crippen LogP contribution in [0, 0.1) is 10.1 Å². The van der Waals surface area contributed by atoms with E-state index in [9.17, 15) is 19.7 Å². The van der Waals surface area contributed by atoms with Crippen molar-refractivity contribution in [3.63, 3.8) is 0 Å². The maximum atomic E-state index is 12.3. The van der Waals surface area contributed by atoms with E-state index in [4.69, 9.17) is 9.47 Å². The van der Waals surface area contributed by atoms with Crippen molar-refractivity contribution in [2.45, 2.75) is 6.42 Å². The number of carbonyl (C=O) groups is 2. The molecule has 0 aliphatic heterocycles. The molecule has 1 N–H and O–H groups in total. The average Bonchev–Trinajstić information content (AvgIpc) is 2.75. The number of hydrogen-bond acceptors (Lipinski definition) is 6. The van der Waals surface area contributed by atoms with Crippen molar-refractivity contribution < 1.29 is 24.0 Å². The lowest BCUT2D eigenvalue weighted by Crippen LogP contribution is -2.13. The summed E-state index contributed by atoms with van der Waals surface area (Å²) in [5, 5.41) is 13.5. The highest BCUT2D eigenvalue weighted by Crippen LogP contribution is 2.19. The number of esters is 1. The van der Waals surface area contributed by atoms with Gasteiger partial charge in [0.05, 0.1) is 18.5 Å². The average molecular weight is 406 g/mol. The Morgan fingerprint density at radius 3 is 2.27 bits per heavy atom. The number of amides is 1. The first-order valence-corrected chi connectivity index (χ1v) is 8.94. The zero-order valence-corrected chi connectivity index (χ0v) is 16.0. The predicted octanol–water partition coefficient (Wildman–Crippen LogP) is 4.00. The minimum absolute atomic E-state index is 0.106.